The molecule has 3 rings (SSSR count). The van der Waals surface area contributed by atoms with Crippen LogP contribution in [0.25, 0.3) is 0 Å². The van der Waals surface area contributed by atoms with Gasteiger partial charge in [-0.1, -0.05) is 55.9 Å². The minimum atomic E-state index is -1.15. The summed E-state index contributed by atoms with van der Waals surface area (Å²) in [4.78, 5) is 10.7. The van der Waals surface area contributed by atoms with Gasteiger partial charge in [-0.3, -0.25) is 0 Å². The maximum atomic E-state index is 14.0. The summed E-state index contributed by atoms with van der Waals surface area (Å²) >= 11 is 0. The molecule has 0 heterocycles. The average Bonchev–Trinajstić information content (AvgIpc) is 3.00. The van der Waals surface area contributed by atoms with Crippen molar-refractivity contribution in [2.45, 2.75) is 71.1 Å². The second-order valence-electron chi connectivity index (χ2n) is 9.12. The number of alkyl halides is 1. The Hall–Kier alpha value is -1.94. The Balaban J connectivity index is 1.76. The molecule has 0 aromatic heterocycles. The van der Waals surface area contributed by atoms with E-state index in [-0.39, 0.29) is 11.8 Å². The summed E-state index contributed by atoms with van der Waals surface area (Å²) in [7, 11) is 0. The first kappa shape index (κ1) is 21.8. The monoisotopic (exact) mass is 400 g/mol. The highest BCUT2D eigenvalue weighted by atomic mass is 19.1. The normalized spacial score (nSPS) is 36.5. The van der Waals surface area contributed by atoms with Crippen LogP contribution in [0.2, 0.25) is 0 Å². The molecule has 0 bridgehead atoms. The van der Waals surface area contributed by atoms with Gasteiger partial charge in [0.05, 0.1) is 6.10 Å². The molecular weight excluding hydrogens is 367 g/mol. The lowest BCUT2D eigenvalue weighted by atomic mass is 9.62. The molecule has 5 atom stereocenters. The van der Waals surface area contributed by atoms with Crippen molar-refractivity contribution in [3.8, 4) is 0 Å². The molecule has 4 heteroatoms. The predicted octanol–water partition coefficient (Wildman–Crippen LogP) is 5.69. The number of halogens is 1. The first-order chi connectivity index (χ1) is 13.7. The van der Waals surface area contributed by atoms with Crippen molar-refractivity contribution >= 4 is 5.97 Å². The minimum Gasteiger partial charge on any atom is -0.478 e. The number of hydrogen-bond donors (Lipinski definition) is 2. The Morgan fingerprint density at radius 1 is 1.45 bits per heavy atom. The molecule has 2 saturated carbocycles. The SMILES string of the molecule is C=C1C(=CC=C2CCCC3(C)C(C(C)CC=CC(=O)O)=CCC23)CC(O)CC1F. The second kappa shape index (κ2) is 8.83. The molecule has 0 spiro atoms. The van der Waals surface area contributed by atoms with Crippen molar-refractivity contribution < 1.29 is 19.4 Å². The third-order valence-electron chi connectivity index (χ3n) is 7.12. The third-order valence-corrected chi connectivity index (χ3v) is 7.12. The molecule has 0 saturated heterocycles. The van der Waals surface area contributed by atoms with Crippen LogP contribution in [0.3, 0.4) is 0 Å². The van der Waals surface area contributed by atoms with E-state index < -0.39 is 18.2 Å². The average molecular weight is 401 g/mol. The van der Waals surface area contributed by atoms with Gasteiger partial charge in [-0.2, -0.15) is 0 Å². The van der Waals surface area contributed by atoms with E-state index in [0.717, 1.165) is 37.7 Å². The first-order valence-electron chi connectivity index (χ1n) is 10.7. The summed E-state index contributed by atoms with van der Waals surface area (Å²) in [5, 5.41) is 18.7. The van der Waals surface area contributed by atoms with Crippen LogP contribution in [-0.2, 0) is 4.79 Å². The molecule has 29 heavy (non-hydrogen) atoms. The molecule has 2 fully saturated rings. The molecule has 3 aliphatic carbocycles. The highest BCUT2D eigenvalue weighted by Crippen LogP contribution is 2.56. The molecule has 3 aliphatic rings. The van der Waals surface area contributed by atoms with Crippen molar-refractivity contribution in [2.75, 3.05) is 0 Å². The second-order valence-corrected chi connectivity index (χ2v) is 9.12. The van der Waals surface area contributed by atoms with E-state index in [1.165, 1.54) is 17.2 Å². The number of fused-ring (bicyclic) bond motifs is 1. The molecule has 0 amide bonds. The number of aliphatic hydroxyl groups excluding tert-OH is 1. The van der Waals surface area contributed by atoms with E-state index in [1.54, 1.807) is 6.08 Å². The fraction of sp³-hybridized carbons (Fsp3) is 0.560. The zero-order valence-corrected chi connectivity index (χ0v) is 17.5. The standard InChI is InChI=1S/C25H33FO3/c1-16(6-4-8-24(28)29)21-11-12-22-18(7-5-13-25(21,22)3)9-10-19-14-20(27)15-23(26)17(19)2/h4,8-11,16,20,22-23,27H,2,5-7,12-15H2,1,3H3,(H,28,29). The molecule has 0 radical (unpaired) electrons. The molecule has 0 aromatic rings. The lowest BCUT2D eigenvalue weighted by Gasteiger charge is -2.42. The van der Waals surface area contributed by atoms with Gasteiger partial charge >= 0.3 is 5.97 Å². The predicted molar refractivity (Wildman–Crippen MR) is 114 cm³/mol. The van der Waals surface area contributed by atoms with Gasteiger partial charge in [0.15, 0.2) is 0 Å². The van der Waals surface area contributed by atoms with Crippen LogP contribution in [0.15, 0.2) is 59.3 Å². The summed E-state index contributed by atoms with van der Waals surface area (Å²) in [6.45, 7) is 8.41. The zero-order chi connectivity index (χ0) is 21.2. The summed E-state index contributed by atoms with van der Waals surface area (Å²) in [6.07, 6.45) is 13.4. The van der Waals surface area contributed by atoms with E-state index in [9.17, 15) is 14.3 Å². The Bertz CT molecular complexity index is 788. The van der Waals surface area contributed by atoms with E-state index >= 15 is 0 Å². The van der Waals surface area contributed by atoms with E-state index in [1.807, 2.05) is 6.08 Å². The quantitative estimate of drug-likeness (QED) is 0.460. The molecule has 158 valence electrons. The van der Waals surface area contributed by atoms with Gasteiger partial charge in [0, 0.05) is 12.5 Å². The number of allylic oxidation sites excluding steroid dienone is 7. The van der Waals surface area contributed by atoms with E-state index in [4.69, 9.17) is 5.11 Å². The maximum Gasteiger partial charge on any atom is 0.327 e. The van der Waals surface area contributed by atoms with Crippen molar-refractivity contribution in [2.24, 2.45) is 17.3 Å². The number of carboxylic acid groups (broad SMARTS) is 1. The number of rotatable bonds is 5. The van der Waals surface area contributed by atoms with Gasteiger partial charge in [-0.05, 0) is 66.9 Å². The van der Waals surface area contributed by atoms with Crippen LogP contribution in [0.1, 0.15) is 58.8 Å². The van der Waals surface area contributed by atoms with E-state index in [0.29, 0.717) is 23.8 Å². The number of aliphatic hydroxyl groups is 1. The Labute approximate surface area is 173 Å². The van der Waals surface area contributed by atoms with Gasteiger partial charge in [-0.15, -0.1) is 0 Å². The van der Waals surface area contributed by atoms with Gasteiger partial charge in [0.2, 0.25) is 0 Å². The molecule has 0 aromatic carbocycles. The molecule has 5 unspecified atom stereocenters. The zero-order valence-electron chi connectivity index (χ0n) is 17.5. The van der Waals surface area contributed by atoms with Crippen molar-refractivity contribution in [3.63, 3.8) is 0 Å². The van der Waals surface area contributed by atoms with E-state index in [2.05, 4.69) is 32.6 Å². The Morgan fingerprint density at radius 2 is 2.21 bits per heavy atom. The molecule has 2 N–H and O–H groups in total. The van der Waals surface area contributed by atoms with Gasteiger partial charge in [-0.25, -0.2) is 9.18 Å². The third kappa shape index (κ3) is 4.63. The van der Waals surface area contributed by atoms with Crippen LogP contribution < -0.4 is 0 Å². The first-order valence-corrected chi connectivity index (χ1v) is 10.7. The van der Waals surface area contributed by atoms with Gasteiger partial charge < -0.3 is 10.2 Å². The van der Waals surface area contributed by atoms with Crippen molar-refractivity contribution in [1.29, 1.82) is 0 Å². The fourth-order valence-corrected chi connectivity index (χ4v) is 5.55. The van der Waals surface area contributed by atoms with Crippen LogP contribution in [-0.4, -0.2) is 28.5 Å². The van der Waals surface area contributed by atoms with Gasteiger partial charge in [0.1, 0.15) is 6.17 Å². The molecular formula is C25H33FO3. The highest BCUT2D eigenvalue weighted by Gasteiger charge is 2.45. The number of carboxylic acids is 1. The molecule has 0 aliphatic heterocycles. The van der Waals surface area contributed by atoms with Crippen molar-refractivity contribution in [3.05, 3.63) is 59.3 Å². The maximum absolute atomic E-state index is 14.0. The number of carbonyl (C=O) groups is 1. The largest absolute Gasteiger partial charge is 0.478 e. The Morgan fingerprint density at radius 3 is 2.93 bits per heavy atom. The van der Waals surface area contributed by atoms with Crippen LogP contribution in [0, 0.1) is 17.3 Å². The summed E-state index contributed by atoms with van der Waals surface area (Å²) in [5.41, 5.74) is 4.28. The number of aliphatic carboxylic acids is 1. The smallest absolute Gasteiger partial charge is 0.327 e. The topological polar surface area (TPSA) is 57.5 Å². The highest BCUT2D eigenvalue weighted by molar-refractivity contribution is 5.79. The minimum absolute atomic E-state index is 0.102. The lowest BCUT2D eigenvalue weighted by molar-refractivity contribution is -0.131. The summed E-state index contributed by atoms with van der Waals surface area (Å²) < 4.78 is 14.0. The lowest BCUT2D eigenvalue weighted by Crippen LogP contribution is -2.32. The van der Waals surface area contributed by atoms with Crippen LogP contribution in [0.5, 0.6) is 0 Å². The van der Waals surface area contributed by atoms with Gasteiger partial charge in [0.25, 0.3) is 0 Å². The van der Waals surface area contributed by atoms with Crippen LogP contribution >= 0.6 is 0 Å². The summed E-state index contributed by atoms with van der Waals surface area (Å²) in [6, 6.07) is 0. The Kier molecular flexibility index (Phi) is 6.62. The van der Waals surface area contributed by atoms with Crippen molar-refractivity contribution in [1.82, 2.24) is 0 Å². The van der Waals surface area contributed by atoms with Crippen LogP contribution in [0.4, 0.5) is 4.39 Å². The fourth-order valence-electron chi connectivity index (χ4n) is 5.55. The summed E-state index contributed by atoms with van der Waals surface area (Å²) in [5.74, 6) is -0.140. The number of hydrogen-bond acceptors (Lipinski definition) is 2. The molecule has 3 nitrogen and oxygen atoms in total.